The van der Waals surface area contributed by atoms with Crippen LogP contribution in [0.4, 0.5) is 4.39 Å². The predicted octanol–water partition coefficient (Wildman–Crippen LogP) is 6.08. The zero-order chi connectivity index (χ0) is 25.9. The lowest BCUT2D eigenvalue weighted by Gasteiger charge is -2.24. The van der Waals surface area contributed by atoms with Crippen LogP contribution in [0.15, 0.2) is 54.7 Å². The summed E-state index contributed by atoms with van der Waals surface area (Å²) in [6.07, 6.45) is 8.78. The van der Waals surface area contributed by atoms with Gasteiger partial charge in [0, 0.05) is 37.2 Å². The molecule has 3 rings (SSSR count). The molecule has 0 aliphatic carbocycles. The standard InChI is InChI=1S/C30H40FN3O2/c1-4-6-8-12-15-27(30(36)33(3)18-7-5-2)32-29(35)19-24-22-34(21-23-13-10-9-11-14-23)28-17-16-25(31)20-26(24)28/h9-11,13-14,16-17,20,22,27H,4-8,12,15,18-19,21H2,1-3H3,(H,32,35). The molecule has 1 unspecified atom stereocenters. The monoisotopic (exact) mass is 493 g/mol. The Morgan fingerprint density at radius 2 is 1.75 bits per heavy atom. The molecule has 6 heteroatoms. The lowest BCUT2D eigenvalue weighted by molar-refractivity contribution is -0.135. The number of carbonyl (C=O) groups excluding carboxylic acids is 2. The normalized spacial score (nSPS) is 12.0. The number of rotatable bonds is 14. The number of unbranched alkanes of at least 4 members (excludes halogenated alkanes) is 4. The van der Waals surface area contributed by atoms with Crippen molar-refractivity contribution in [1.29, 1.82) is 0 Å². The van der Waals surface area contributed by atoms with Crippen LogP contribution >= 0.6 is 0 Å². The number of hydrogen-bond donors (Lipinski definition) is 1. The van der Waals surface area contributed by atoms with Crippen molar-refractivity contribution in [3.8, 4) is 0 Å². The number of carbonyl (C=O) groups is 2. The van der Waals surface area contributed by atoms with Crippen molar-refractivity contribution >= 4 is 22.7 Å². The maximum atomic E-state index is 14.1. The maximum Gasteiger partial charge on any atom is 0.244 e. The van der Waals surface area contributed by atoms with Gasteiger partial charge in [0.15, 0.2) is 0 Å². The Morgan fingerprint density at radius 1 is 1.00 bits per heavy atom. The van der Waals surface area contributed by atoms with Crippen molar-refractivity contribution < 1.29 is 14.0 Å². The number of amides is 2. The summed E-state index contributed by atoms with van der Waals surface area (Å²) in [5.41, 5.74) is 2.77. The second kappa shape index (κ2) is 13.8. The van der Waals surface area contributed by atoms with Crippen LogP contribution < -0.4 is 5.32 Å². The highest BCUT2D eigenvalue weighted by Gasteiger charge is 2.24. The van der Waals surface area contributed by atoms with Gasteiger partial charge in [0.25, 0.3) is 0 Å². The first-order valence-corrected chi connectivity index (χ1v) is 13.3. The van der Waals surface area contributed by atoms with Gasteiger partial charge in [0.1, 0.15) is 11.9 Å². The molecule has 0 bridgehead atoms. The van der Waals surface area contributed by atoms with Gasteiger partial charge >= 0.3 is 0 Å². The van der Waals surface area contributed by atoms with Gasteiger partial charge in [-0.25, -0.2) is 4.39 Å². The molecule has 1 heterocycles. The van der Waals surface area contributed by atoms with Crippen LogP contribution in [-0.2, 0) is 22.6 Å². The van der Waals surface area contributed by atoms with Crippen molar-refractivity contribution in [2.24, 2.45) is 0 Å². The summed E-state index contributed by atoms with van der Waals surface area (Å²) in [4.78, 5) is 28.0. The summed E-state index contributed by atoms with van der Waals surface area (Å²) >= 11 is 0. The van der Waals surface area contributed by atoms with E-state index in [4.69, 9.17) is 0 Å². The Hall–Kier alpha value is -3.15. The van der Waals surface area contributed by atoms with Gasteiger partial charge in [0.2, 0.25) is 11.8 Å². The molecule has 1 atom stereocenters. The largest absolute Gasteiger partial charge is 0.344 e. The first-order valence-electron chi connectivity index (χ1n) is 13.3. The van der Waals surface area contributed by atoms with E-state index in [0.29, 0.717) is 19.5 Å². The lowest BCUT2D eigenvalue weighted by atomic mass is 10.0. The molecule has 0 fully saturated rings. The molecule has 2 aromatic carbocycles. The Labute approximate surface area is 214 Å². The van der Waals surface area contributed by atoms with Gasteiger partial charge in [-0.05, 0) is 42.2 Å². The van der Waals surface area contributed by atoms with E-state index in [1.54, 1.807) is 11.0 Å². The van der Waals surface area contributed by atoms with Crippen LogP contribution in [-0.4, -0.2) is 40.9 Å². The summed E-state index contributed by atoms with van der Waals surface area (Å²) < 4.78 is 16.2. The zero-order valence-electron chi connectivity index (χ0n) is 21.9. The molecule has 2 amide bonds. The number of hydrogen-bond acceptors (Lipinski definition) is 2. The van der Waals surface area contributed by atoms with Crippen LogP contribution in [0.1, 0.15) is 69.9 Å². The number of halogens is 1. The average molecular weight is 494 g/mol. The van der Waals surface area contributed by atoms with Gasteiger partial charge in [-0.3, -0.25) is 9.59 Å². The van der Waals surface area contributed by atoms with Crippen LogP contribution in [0, 0.1) is 5.82 Å². The van der Waals surface area contributed by atoms with Crippen molar-refractivity contribution in [1.82, 2.24) is 14.8 Å². The number of likely N-dealkylation sites (N-methyl/N-ethyl adjacent to an activating group) is 1. The van der Waals surface area contributed by atoms with Crippen LogP contribution in [0.5, 0.6) is 0 Å². The molecule has 36 heavy (non-hydrogen) atoms. The van der Waals surface area contributed by atoms with E-state index in [1.807, 2.05) is 43.6 Å². The third-order valence-electron chi connectivity index (χ3n) is 6.68. The number of aromatic nitrogens is 1. The minimum atomic E-state index is -0.536. The van der Waals surface area contributed by atoms with Gasteiger partial charge < -0.3 is 14.8 Å². The van der Waals surface area contributed by atoms with Crippen molar-refractivity contribution in [2.75, 3.05) is 13.6 Å². The summed E-state index contributed by atoms with van der Waals surface area (Å²) in [5.74, 6) is -0.579. The Kier molecular flexibility index (Phi) is 10.5. The van der Waals surface area contributed by atoms with Gasteiger partial charge in [-0.2, -0.15) is 0 Å². The third kappa shape index (κ3) is 7.67. The number of nitrogens with zero attached hydrogens (tertiary/aromatic N) is 2. The second-order valence-electron chi connectivity index (χ2n) is 9.69. The molecule has 0 spiro atoms. The van der Waals surface area contributed by atoms with E-state index in [2.05, 4.69) is 23.7 Å². The number of benzene rings is 2. The summed E-state index contributed by atoms with van der Waals surface area (Å²) in [7, 11) is 1.81. The van der Waals surface area contributed by atoms with Crippen LogP contribution in [0.25, 0.3) is 10.9 Å². The topological polar surface area (TPSA) is 54.3 Å². The Morgan fingerprint density at radius 3 is 2.47 bits per heavy atom. The highest BCUT2D eigenvalue weighted by Crippen LogP contribution is 2.24. The molecule has 3 aromatic rings. The number of nitrogens with one attached hydrogen (secondary N) is 1. The quantitative estimate of drug-likeness (QED) is 0.277. The van der Waals surface area contributed by atoms with Crippen molar-refractivity contribution in [2.45, 2.75) is 77.8 Å². The summed E-state index contributed by atoms with van der Waals surface area (Å²) in [5, 5.41) is 3.73. The summed E-state index contributed by atoms with van der Waals surface area (Å²) in [6.45, 7) is 5.56. The van der Waals surface area contributed by atoms with Crippen LogP contribution in [0.3, 0.4) is 0 Å². The molecule has 1 N–H and O–H groups in total. The van der Waals surface area contributed by atoms with Gasteiger partial charge in [0.05, 0.1) is 6.42 Å². The fourth-order valence-corrected chi connectivity index (χ4v) is 4.62. The average Bonchev–Trinajstić information content (AvgIpc) is 3.20. The van der Waals surface area contributed by atoms with E-state index < -0.39 is 6.04 Å². The third-order valence-corrected chi connectivity index (χ3v) is 6.68. The van der Waals surface area contributed by atoms with Gasteiger partial charge in [-0.1, -0.05) is 76.3 Å². The molecule has 0 radical (unpaired) electrons. The van der Waals surface area contributed by atoms with E-state index in [-0.39, 0.29) is 24.1 Å². The molecule has 0 saturated heterocycles. The second-order valence-corrected chi connectivity index (χ2v) is 9.69. The van der Waals surface area contributed by atoms with Crippen LogP contribution in [0.2, 0.25) is 0 Å². The predicted molar refractivity (Wildman–Crippen MR) is 144 cm³/mol. The van der Waals surface area contributed by atoms with E-state index in [0.717, 1.165) is 60.6 Å². The zero-order valence-corrected chi connectivity index (χ0v) is 21.9. The van der Waals surface area contributed by atoms with Gasteiger partial charge in [-0.15, -0.1) is 0 Å². The highest BCUT2D eigenvalue weighted by atomic mass is 19.1. The fraction of sp³-hybridized carbons (Fsp3) is 0.467. The van der Waals surface area contributed by atoms with E-state index in [9.17, 15) is 14.0 Å². The highest BCUT2D eigenvalue weighted by molar-refractivity contribution is 5.92. The molecule has 0 saturated carbocycles. The molecule has 0 aliphatic heterocycles. The molecular formula is C30H40FN3O2. The van der Waals surface area contributed by atoms with E-state index >= 15 is 0 Å². The summed E-state index contributed by atoms with van der Waals surface area (Å²) in [6, 6.07) is 14.2. The Bertz CT molecular complexity index is 1130. The first-order chi connectivity index (χ1) is 17.4. The minimum Gasteiger partial charge on any atom is -0.344 e. The molecule has 194 valence electrons. The SMILES string of the molecule is CCCCCCC(NC(=O)Cc1cn(Cc2ccccc2)c2ccc(F)cc12)C(=O)N(C)CCCC. The van der Waals surface area contributed by atoms with E-state index in [1.165, 1.54) is 12.1 Å². The first kappa shape index (κ1) is 27.4. The lowest BCUT2D eigenvalue weighted by Crippen LogP contribution is -2.48. The number of fused-ring (bicyclic) bond motifs is 1. The molecule has 0 aliphatic rings. The smallest absolute Gasteiger partial charge is 0.244 e. The molecule has 5 nitrogen and oxygen atoms in total. The molecular weight excluding hydrogens is 453 g/mol. The van der Waals surface area contributed by atoms with Crippen molar-refractivity contribution in [3.05, 3.63) is 71.7 Å². The maximum absolute atomic E-state index is 14.1. The molecule has 1 aromatic heterocycles. The Balaban J connectivity index is 1.77. The fourth-order valence-electron chi connectivity index (χ4n) is 4.62. The minimum absolute atomic E-state index is 0.0363. The van der Waals surface area contributed by atoms with Crippen molar-refractivity contribution in [3.63, 3.8) is 0 Å².